The third-order valence-corrected chi connectivity index (χ3v) is 3.95. The molecule has 0 amide bonds. The summed E-state index contributed by atoms with van der Waals surface area (Å²) in [5, 5.41) is 3.49. The zero-order chi connectivity index (χ0) is 14.1. The van der Waals surface area contributed by atoms with Gasteiger partial charge in [-0.15, -0.1) is 0 Å². The molecule has 4 heteroatoms. The molecule has 0 unspecified atom stereocenters. The fraction of sp³-hybridized carbons (Fsp3) is 0.294. The van der Waals surface area contributed by atoms with E-state index in [2.05, 4.69) is 23.5 Å². The van der Waals surface area contributed by atoms with Crippen molar-refractivity contribution in [3.8, 4) is 17.2 Å². The maximum atomic E-state index is 5.60. The number of nitrogens with one attached hydrogen (secondary N) is 1. The first-order valence-corrected chi connectivity index (χ1v) is 7.23. The number of para-hydroxylation sites is 1. The first-order chi connectivity index (χ1) is 10.4. The maximum absolute atomic E-state index is 5.60. The molecular weight excluding hydrogens is 266 g/mol. The Morgan fingerprint density at radius 1 is 0.857 bits per heavy atom. The van der Waals surface area contributed by atoms with Crippen molar-refractivity contribution in [3.63, 3.8) is 0 Å². The van der Waals surface area contributed by atoms with Crippen molar-refractivity contribution in [2.75, 3.05) is 13.4 Å². The molecule has 2 heterocycles. The first-order valence-electron chi connectivity index (χ1n) is 7.23. The predicted octanol–water partition coefficient (Wildman–Crippen LogP) is 2.64. The van der Waals surface area contributed by atoms with E-state index in [-0.39, 0.29) is 0 Å². The normalized spacial score (nSPS) is 14.9. The lowest BCUT2D eigenvalue weighted by Crippen LogP contribution is -2.14. The highest BCUT2D eigenvalue weighted by Crippen LogP contribution is 2.35. The molecule has 0 atom stereocenters. The summed E-state index contributed by atoms with van der Waals surface area (Å²) in [6.45, 7) is 2.70. The fourth-order valence-corrected chi connectivity index (χ4v) is 2.92. The van der Waals surface area contributed by atoms with Crippen LogP contribution in [0.4, 0.5) is 0 Å². The summed E-state index contributed by atoms with van der Waals surface area (Å²) >= 11 is 0. The summed E-state index contributed by atoms with van der Waals surface area (Å²) in [5.41, 5.74) is 3.78. The maximum Gasteiger partial charge on any atom is 0.231 e. The molecule has 0 saturated carbocycles. The number of hydrogen-bond acceptors (Lipinski definition) is 4. The van der Waals surface area contributed by atoms with Crippen LogP contribution in [0.1, 0.15) is 16.7 Å². The molecule has 1 N–H and O–H groups in total. The molecule has 2 aliphatic heterocycles. The summed E-state index contributed by atoms with van der Waals surface area (Å²) in [6, 6.07) is 12.3. The lowest BCUT2D eigenvalue weighted by molar-refractivity contribution is 0.173. The minimum absolute atomic E-state index is 0.315. The van der Waals surface area contributed by atoms with Gasteiger partial charge in [-0.3, -0.25) is 0 Å². The SMILES string of the molecule is c1cc(CNCc2cccc3c2OCO3)c2c(c1)OCC2. The molecule has 2 aromatic carbocycles. The average Bonchev–Trinajstić information content (AvgIpc) is 3.16. The van der Waals surface area contributed by atoms with Crippen molar-refractivity contribution < 1.29 is 14.2 Å². The van der Waals surface area contributed by atoms with Gasteiger partial charge in [-0.25, -0.2) is 0 Å². The Morgan fingerprint density at radius 2 is 1.67 bits per heavy atom. The highest BCUT2D eigenvalue weighted by molar-refractivity contribution is 5.48. The largest absolute Gasteiger partial charge is 0.493 e. The van der Waals surface area contributed by atoms with Gasteiger partial charge in [0.25, 0.3) is 0 Å². The summed E-state index contributed by atoms with van der Waals surface area (Å²) in [7, 11) is 0. The lowest BCUT2D eigenvalue weighted by atomic mass is 10.1. The molecule has 0 saturated heterocycles. The van der Waals surface area contributed by atoms with Gasteiger partial charge in [0, 0.05) is 30.6 Å². The fourth-order valence-electron chi connectivity index (χ4n) is 2.92. The van der Waals surface area contributed by atoms with E-state index in [4.69, 9.17) is 14.2 Å². The monoisotopic (exact) mass is 283 g/mol. The first kappa shape index (κ1) is 12.5. The Kier molecular flexibility index (Phi) is 3.16. The smallest absolute Gasteiger partial charge is 0.231 e. The van der Waals surface area contributed by atoms with Gasteiger partial charge in [0.05, 0.1) is 6.61 Å². The van der Waals surface area contributed by atoms with Gasteiger partial charge in [-0.1, -0.05) is 24.3 Å². The Bertz CT molecular complexity index is 612. The van der Waals surface area contributed by atoms with Crippen molar-refractivity contribution in [1.82, 2.24) is 5.32 Å². The third kappa shape index (κ3) is 2.32. The average molecular weight is 283 g/mol. The van der Waals surface area contributed by atoms with Crippen LogP contribution in [0.3, 0.4) is 0 Å². The highest BCUT2D eigenvalue weighted by Gasteiger charge is 2.18. The zero-order valence-electron chi connectivity index (χ0n) is 11.7. The molecule has 0 fully saturated rings. The van der Waals surface area contributed by atoms with Crippen LogP contribution in [0.5, 0.6) is 17.2 Å². The van der Waals surface area contributed by atoms with Crippen LogP contribution in [0.25, 0.3) is 0 Å². The summed E-state index contributed by atoms with van der Waals surface area (Å²) < 4.78 is 16.5. The van der Waals surface area contributed by atoms with E-state index in [0.29, 0.717) is 6.79 Å². The van der Waals surface area contributed by atoms with E-state index < -0.39 is 0 Å². The van der Waals surface area contributed by atoms with Gasteiger partial charge in [-0.2, -0.15) is 0 Å². The molecule has 4 nitrogen and oxygen atoms in total. The van der Waals surface area contributed by atoms with Crippen LogP contribution in [0, 0.1) is 0 Å². The number of rotatable bonds is 4. The second kappa shape index (κ2) is 5.30. The van der Waals surface area contributed by atoms with Gasteiger partial charge in [0.2, 0.25) is 6.79 Å². The number of fused-ring (bicyclic) bond motifs is 2. The minimum atomic E-state index is 0.315. The van der Waals surface area contributed by atoms with E-state index >= 15 is 0 Å². The van der Waals surface area contributed by atoms with E-state index in [1.165, 1.54) is 11.1 Å². The van der Waals surface area contributed by atoms with E-state index in [1.807, 2.05) is 18.2 Å². The molecule has 2 aromatic rings. The van der Waals surface area contributed by atoms with Crippen molar-refractivity contribution in [1.29, 1.82) is 0 Å². The minimum Gasteiger partial charge on any atom is -0.493 e. The summed E-state index contributed by atoms with van der Waals surface area (Å²) in [6.07, 6.45) is 1.00. The Hall–Kier alpha value is -2.20. The second-order valence-electron chi connectivity index (χ2n) is 5.25. The van der Waals surface area contributed by atoms with Gasteiger partial charge in [0.1, 0.15) is 5.75 Å². The molecule has 0 aromatic heterocycles. The third-order valence-electron chi connectivity index (χ3n) is 3.95. The Balaban J connectivity index is 1.45. The van der Waals surface area contributed by atoms with Crippen LogP contribution in [0.2, 0.25) is 0 Å². The molecule has 2 aliphatic rings. The summed E-state index contributed by atoms with van der Waals surface area (Å²) in [4.78, 5) is 0. The topological polar surface area (TPSA) is 39.7 Å². The van der Waals surface area contributed by atoms with Crippen LogP contribution < -0.4 is 19.5 Å². The highest BCUT2D eigenvalue weighted by atomic mass is 16.7. The molecule has 4 rings (SSSR count). The zero-order valence-corrected chi connectivity index (χ0v) is 11.7. The van der Waals surface area contributed by atoms with Crippen molar-refractivity contribution >= 4 is 0 Å². The van der Waals surface area contributed by atoms with E-state index in [0.717, 1.165) is 48.9 Å². The predicted molar refractivity (Wildman–Crippen MR) is 78.7 cm³/mol. The molecule has 0 spiro atoms. The van der Waals surface area contributed by atoms with Crippen molar-refractivity contribution in [2.45, 2.75) is 19.5 Å². The number of benzene rings is 2. The number of hydrogen-bond donors (Lipinski definition) is 1. The molecule has 21 heavy (non-hydrogen) atoms. The van der Waals surface area contributed by atoms with Crippen LogP contribution >= 0.6 is 0 Å². The number of ether oxygens (including phenoxy) is 3. The molecule has 0 bridgehead atoms. The van der Waals surface area contributed by atoms with Gasteiger partial charge < -0.3 is 19.5 Å². The molecule has 0 radical (unpaired) electrons. The molecule has 0 aliphatic carbocycles. The van der Waals surface area contributed by atoms with Crippen molar-refractivity contribution in [3.05, 3.63) is 53.1 Å². The van der Waals surface area contributed by atoms with Crippen LogP contribution in [0.15, 0.2) is 36.4 Å². The quantitative estimate of drug-likeness (QED) is 0.936. The van der Waals surface area contributed by atoms with Crippen LogP contribution in [-0.4, -0.2) is 13.4 Å². The Labute approximate surface area is 123 Å². The van der Waals surface area contributed by atoms with E-state index in [1.54, 1.807) is 0 Å². The van der Waals surface area contributed by atoms with Gasteiger partial charge in [-0.05, 0) is 17.7 Å². The second-order valence-corrected chi connectivity index (χ2v) is 5.25. The van der Waals surface area contributed by atoms with E-state index in [9.17, 15) is 0 Å². The van der Waals surface area contributed by atoms with Crippen LogP contribution in [-0.2, 0) is 19.5 Å². The van der Waals surface area contributed by atoms with Gasteiger partial charge in [0.15, 0.2) is 11.5 Å². The Morgan fingerprint density at radius 3 is 2.62 bits per heavy atom. The molecular formula is C17H17NO3. The van der Waals surface area contributed by atoms with Crippen molar-refractivity contribution in [2.24, 2.45) is 0 Å². The standard InChI is InChI=1S/C17H17NO3/c1-3-12(14-7-8-19-15(14)5-1)9-18-10-13-4-2-6-16-17(13)21-11-20-16/h1-6,18H,7-11H2. The molecule has 108 valence electrons. The summed E-state index contributed by atoms with van der Waals surface area (Å²) in [5.74, 6) is 2.74. The lowest BCUT2D eigenvalue weighted by Gasteiger charge is -2.10. The van der Waals surface area contributed by atoms with Gasteiger partial charge >= 0.3 is 0 Å².